The number of aliphatic hydroxyl groups excluding tert-OH is 1. The van der Waals surface area contributed by atoms with Crippen LogP contribution in [0.1, 0.15) is 42.5 Å². The number of carbonyl (C=O) groups is 1. The summed E-state index contributed by atoms with van der Waals surface area (Å²) in [6.45, 7) is 3.51. The minimum atomic E-state index is 0.0947. The fourth-order valence-corrected chi connectivity index (χ4v) is 3.48. The molecule has 3 rings (SSSR count). The van der Waals surface area contributed by atoms with Crippen molar-refractivity contribution in [3.8, 4) is 0 Å². The van der Waals surface area contributed by atoms with E-state index in [1.807, 2.05) is 29.2 Å². The molecule has 1 unspecified atom stereocenters. The summed E-state index contributed by atoms with van der Waals surface area (Å²) in [4.78, 5) is 14.4. The standard InChI is InChI=1S/C19H28N2O3/c22-14-15-8-11-21(12-9-15)19(23)16-3-5-17(6-4-16)20-10-7-18-2-1-13-24-18/h3-6,15,18,20,22H,1-2,7-14H2. The van der Waals surface area contributed by atoms with Gasteiger partial charge < -0.3 is 20.1 Å². The zero-order chi connectivity index (χ0) is 16.8. The predicted molar refractivity (Wildman–Crippen MR) is 94.2 cm³/mol. The molecule has 1 aromatic rings. The smallest absolute Gasteiger partial charge is 0.253 e. The molecule has 2 fully saturated rings. The average molecular weight is 332 g/mol. The number of anilines is 1. The minimum absolute atomic E-state index is 0.0947. The van der Waals surface area contributed by atoms with Crippen molar-refractivity contribution in [3.63, 3.8) is 0 Å². The van der Waals surface area contributed by atoms with E-state index in [1.165, 1.54) is 12.8 Å². The summed E-state index contributed by atoms with van der Waals surface area (Å²) in [6.07, 6.45) is 5.57. The zero-order valence-corrected chi connectivity index (χ0v) is 14.2. The van der Waals surface area contributed by atoms with E-state index in [-0.39, 0.29) is 12.5 Å². The van der Waals surface area contributed by atoms with E-state index < -0.39 is 0 Å². The summed E-state index contributed by atoms with van der Waals surface area (Å²) < 4.78 is 5.62. The van der Waals surface area contributed by atoms with Gasteiger partial charge in [-0.1, -0.05) is 0 Å². The molecule has 1 atom stereocenters. The van der Waals surface area contributed by atoms with Gasteiger partial charge in [0.1, 0.15) is 0 Å². The molecule has 0 aliphatic carbocycles. The Hall–Kier alpha value is -1.59. The van der Waals surface area contributed by atoms with Gasteiger partial charge in [0.05, 0.1) is 6.10 Å². The van der Waals surface area contributed by atoms with E-state index in [0.29, 0.717) is 12.0 Å². The number of carbonyl (C=O) groups excluding carboxylic acids is 1. The molecule has 5 nitrogen and oxygen atoms in total. The third-order valence-corrected chi connectivity index (χ3v) is 5.11. The van der Waals surface area contributed by atoms with Gasteiger partial charge in [-0.25, -0.2) is 0 Å². The first-order valence-corrected chi connectivity index (χ1v) is 9.12. The number of benzene rings is 1. The summed E-state index contributed by atoms with van der Waals surface area (Å²) in [5.41, 5.74) is 1.78. The lowest BCUT2D eigenvalue weighted by molar-refractivity contribution is 0.0651. The van der Waals surface area contributed by atoms with Crippen molar-refractivity contribution in [3.05, 3.63) is 29.8 Å². The second-order valence-corrected chi connectivity index (χ2v) is 6.85. The topological polar surface area (TPSA) is 61.8 Å². The SMILES string of the molecule is O=C(c1ccc(NCCC2CCCO2)cc1)N1CCC(CO)CC1. The molecule has 0 aromatic heterocycles. The molecule has 5 heteroatoms. The van der Waals surface area contributed by atoms with Crippen molar-refractivity contribution in [1.82, 2.24) is 4.90 Å². The first-order chi connectivity index (χ1) is 11.8. The fourth-order valence-electron chi connectivity index (χ4n) is 3.48. The number of amides is 1. The monoisotopic (exact) mass is 332 g/mol. The van der Waals surface area contributed by atoms with Crippen LogP contribution in [0.3, 0.4) is 0 Å². The first-order valence-electron chi connectivity index (χ1n) is 9.12. The number of aliphatic hydroxyl groups is 1. The van der Waals surface area contributed by atoms with Crippen molar-refractivity contribution in [2.75, 3.05) is 38.2 Å². The number of likely N-dealkylation sites (tertiary alicyclic amines) is 1. The number of piperidine rings is 1. The maximum Gasteiger partial charge on any atom is 0.253 e. The molecule has 2 aliphatic rings. The lowest BCUT2D eigenvalue weighted by atomic mass is 9.97. The fraction of sp³-hybridized carbons (Fsp3) is 0.632. The molecular weight excluding hydrogens is 304 g/mol. The molecule has 1 aromatic carbocycles. The summed E-state index contributed by atoms with van der Waals surface area (Å²) in [7, 11) is 0. The molecule has 2 N–H and O–H groups in total. The average Bonchev–Trinajstić information content (AvgIpc) is 3.15. The van der Waals surface area contributed by atoms with Crippen LogP contribution in [0, 0.1) is 5.92 Å². The Morgan fingerprint density at radius 2 is 1.96 bits per heavy atom. The summed E-state index contributed by atoms with van der Waals surface area (Å²) in [6, 6.07) is 7.75. The van der Waals surface area contributed by atoms with Gasteiger partial charge >= 0.3 is 0 Å². The number of nitrogens with zero attached hydrogens (tertiary/aromatic N) is 1. The maximum atomic E-state index is 12.5. The van der Waals surface area contributed by atoms with Gasteiger partial charge in [-0.05, 0) is 62.3 Å². The van der Waals surface area contributed by atoms with E-state index >= 15 is 0 Å². The van der Waals surface area contributed by atoms with Crippen LogP contribution in [-0.2, 0) is 4.74 Å². The van der Waals surface area contributed by atoms with Crippen molar-refractivity contribution in [2.45, 2.75) is 38.2 Å². The Balaban J connectivity index is 1.46. The number of ether oxygens (including phenoxy) is 1. The van der Waals surface area contributed by atoms with Crippen LogP contribution in [0.2, 0.25) is 0 Å². The summed E-state index contributed by atoms with van der Waals surface area (Å²) >= 11 is 0. The predicted octanol–water partition coefficient (Wildman–Crippen LogP) is 2.51. The molecule has 24 heavy (non-hydrogen) atoms. The zero-order valence-electron chi connectivity index (χ0n) is 14.2. The number of hydrogen-bond donors (Lipinski definition) is 2. The van der Waals surface area contributed by atoms with Crippen LogP contribution < -0.4 is 5.32 Å². The first kappa shape index (κ1) is 17.2. The van der Waals surface area contributed by atoms with Crippen LogP contribution in [0.25, 0.3) is 0 Å². The highest BCUT2D eigenvalue weighted by Crippen LogP contribution is 2.20. The van der Waals surface area contributed by atoms with Crippen LogP contribution >= 0.6 is 0 Å². The van der Waals surface area contributed by atoms with Gasteiger partial charge in [-0.2, -0.15) is 0 Å². The molecule has 0 spiro atoms. The van der Waals surface area contributed by atoms with Crippen molar-refractivity contribution >= 4 is 11.6 Å². The molecule has 0 saturated carbocycles. The van der Waals surface area contributed by atoms with E-state index in [1.54, 1.807) is 0 Å². The molecule has 2 heterocycles. The molecule has 0 bridgehead atoms. The second kappa shape index (κ2) is 8.49. The Kier molecular flexibility index (Phi) is 6.10. The van der Waals surface area contributed by atoms with Gasteiger partial charge in [0, 0.05) is 44.1 Å². The van der Waals surface area contributed by atoms with E-state index in [4.69, 9.17) is 4.74 Å². The van der Waals surface area contributed by atoms with Crippen molar-refractivity contribution < 1.29 is 14.6 Å². The van der Waals surface area contributed by atoms with Crippen LogP contribution in [-0.4, -0.2) is 54.9 Å². The van der Waals surface area contributed by atoms with Crippen LogP contribution in [0.5, 0.6) is 0 Å². The summed E-state index contributed by atoms with van der Waals surface area (Å²) in [5, 5.41) is 12.6. The van der Waals surface area contributed by atoms with Gasteiger partial charge in [0.25, 0.3) is 5.91 Å². The number of rotatable bonds is 6. The molecule has 2 aliphatic heterocycles. The van der Waals surface area contributed by atoms with Gasteiger partial charge in [-0.15, -0.1) is 0 Å². The Bertz CT molecular complexity index is 518. The van der Waals surface area contributed by atoms with E-state index in [9.17, 15) is 9.90 Å². The molecular formula is C19H28N2O3. The van der Waals surface area contributed by atoms with Crippen molar-refractivity contribution in [2.24, 2.45) is 5.92 Å². The minimum Gasteiger partial charge on any atom is -0.396 e. The number of nitrogens with one attached hydrogen (secondary N) is 1. The molecule has 132 valence electrons. The Labute approximate surface area is 144 Å². The molecule has 1 amide bonds. The van der Waals surface area contributed by atoms with Gasteiger partial charge in [-0.3, -0.25) is 4.79 Å². The lowest BCUT2D eigenvalue weighted by Gasteiger charge is -2.31. The van der Waals surface area contributed by atoms with Gasteiger partial charge in [0.2, 0.25) is 0 Å². The van der Waals surface area contributed by atoms with Crippen molar-refractivity contribution in [1.29, 1.82) is 0 Å². The Morgan fingerprint density at radius 3 is 2.58 bits per heavy atom. The number of hydrogen-bond acceptors (Lipinski definition) is 4. The third-order valence-electron chi connectivity index (χ3n) is 5.11. The van der Waals surface area contributed by atoms with Crippen LogP contribution in [0.15, 0.2) is 24.3 Å². The highest BCUT2D eigenvalue weighted by Gasteiger charge is 2.23. The normalized spacial score (nSPS) is 21.9. The molecule has 0 radical (unpaired) electrons. The van der Waals surface area contributed by atoms with E-state index in [0.717, 1.165) is 56.8 Å². The van der Waals surface area contributed by atoms with E-state index in [2.05, 4.69) is 5.32 Å². The third kappa shape index (κ3) is 4.48. The van der Waals surface area contributed by atoms with Gasteiger partial charge in [0.15, 0.2) is 0 Å². The molecule has 2 saturated heterocycles. The summed E-state index contributed by atoms with van der Waals surface area (Å²) in [5.74, 6) is 0.446. The maximum absolute atomic E-state index is 12.5. The highest BCUT2D eigenvalue weighted by atomic mass is 16.5. The highest BCUT2D eigenvalue weighted by molar-refractivity contribution is 5.94. The largest absolute Gasteiger partial charge is 0.396 e. The Morgan fingerprint density at radius 1 is 1.21 bits per heavy atom. The van der Waals surface area contributed by atoms with Crippen LogP contribution in [0.4, 0.5) is 5.69 Å². The lowest BCUT2D eigenvalue weighted by Crippen LogP contribution is -2.39. The second-order valence-electron chi connectivity index (χ2n) is 6.85. The quantitative estimate of drug-likeness (QED) is 0.840.